The lowest BCUT2D eigenvalue weighted by Crippen LogP contribution is -2.57. The molecule has 2 saturated carbocycles. The molecule has 3 amide bonds. The van der Waals surface area contributed by atoms with E-state index in [1.165, 1.54) is 0 Å². The fourth-order valence-corrected chi connectivity index (χ4v) is 8.42. The van der Waals surface area contributed by atoms with Crippen molar-refractivity contribution >= 4 is 38.5 Å². The van der Waals surface area contributed by atoms with Gasteiger partial charge in [0.15, 0.2) is 0 Å². The maximum Gasteiger partial charge on any atom is 0.259 e. The molecule has 11 nitrogen and oxygen atoms in total. The standard InChI is InChI=1S/C36H48N4O7S/c1-22(2)46-30-18-25-11-7-9-13-28(25)33(37-30)47-27-19-29-32(42)38-36(34(43)39-48(44,45)35(5)14-15-35)20-26(36)12-8-6-10-23(3)16-24(4)17-31(41)40(29)21-27/h7-9,11-13,18,22-24,26-27,29H,6,10,14-17,19-21H2,1-5H3,(H,38,42)(H,39,43)/b12-8-/t23-,24+,26+,27+,29-,36+/m0/s1. The molecule has 3 fully saturated rings. The van der Waals surface area contributed by atoms with Crippen LogP contribution in [0.5, 0.6) is 11.8 Å². The third kappa shape index (κ3) is 7.04. The number of amides is 3. The molecule has 1 saturated heterocycles. The number of carbonyl (C=O) groups is 3. The first-order chi connectivity index (χ1) is 22.7. The molecular formula is C36H48N4O7S. The highest BCUT2D eigenvalue weighted by Crippen LogP contribution is 2.47. The topological polar surface area (TPSA) is 144 Å². The molecule has 48 heavy (non-hydrogen) atoms. The smallest absolute Gasteiger partial charge is 0.259 e. The minimum atomic E-state index is -3.92. The Bertz CT molecular complexity index is 1720. The minimum absolute atomic E-state index is 0.100. The molecule has 6 atom stereocenters. The van der Waals surface area contributed by atoms with E-state index in [1.54, 1.807) is 11.8 Å². The molecule has 0 unspecified atom stereocenters. The number of hydrogen-bond donors (Lipinski definition) is 2. The first-order valence-electron chi connectivity index (χ1n) is 17.3. The van der Waals surface area contributed by atoms with Crippen LogP contribution in [0.3, 0.4) is 0 Å². The van der Waals surface area contributed by atoms with Crippen molar-refractivity contribution < 1.29 is 32.3 Å². The summed E-state index contributed by atoms with van der Waals surface area (Å²) in [5.74, 6) is -0.483. The third-order valence-corrected chi connectivity index (χ3v) is 12.5. The molecule has 2 aliphatic heterocycles. The zero-order chi connectivity index (χ0) is 34.4. The van der Waals surface area contributed by atoms with Gasteiger partial charge in [0.25, 0.3) is 5.91 Å². The Morgan fingerprint density at radius 2 is 1.88 bits per heavy atom. The predicted molar refractivity (Wildman–Crippen MR) is 182 cm³/mol. The van der Waals surface area contributed by atoms with Gasteiger partial charge in [-0.15, -0.1) is 0 Å². The fraction of sp³-hybridized carbons (Fsp3) is 0.611. The van der Waals surface area contributed by atoms with E-state index in [9.17, 15) is 22.8 Å². The van der Waals surface area contributed by atoms with Gasteiger partial charge in [-0.2, -0.15) is 4.98 Å². The highest BCUT2D eigenvalue weighted by Gasteiger charge is 2.63. The van der Waals surface area contributed by atoms with Gasteiger partial charge < -0.3 is 19.7 Å². The third-order valence-electron chi connectivity index (χ3n) is 10.3. The van der Waals surface area contributed by atoms with E-state index in [0.29, 0.717) is 30.5 Å². The second-order valence-electron chi connectivity index (χ2n) is 15.0. The monoisotopic (exact) mass is 680 g/mol. The summed E-state index contributed by atoms with van der Waals surface area (Å²) in [6, 6.07) is 8.62. The molecule has 2 N–H and O–H groups in total. The maximum atomic E-state index is 14.2. The predicted octanol–water partition coefficient (Wildman–Crippen LogP) is 4.65. The van der Waals surface area contributed by atoms with Crippen LogP contribution in [-0.2, 0) is 24.4 Å². The quantitative estimate of drug-likeness (QED) is 0.403. The average molecular weight is 681 g/mol. The van der Waals surface area contributed by atoms with Crippen LogP contribution < -0.4 is 19.5 Å². The molecule has 260 valence electrons. The van der Waals surface area contributed by atoms with E-state index in [0.717, 1.165) is 30.0 Å². The van der Waals surface area contributed by atoms with Gasteiger partial charge in [-0.3, -0.25) is 19.1 Å². The van der Waals surface area contributed by atoms with E-state index >= 15 is 0 Å². The molecule has 1 aromatic heterocycles. The Labute approximate surface area is 283 Å². The summed E-state index contributed by atoms with van der Waals surface area (Å²) in [5, 5.41) is 4.61. The van der Waals surface area contributed by atoms with Crippen LogP contribution in [0.25, 0.3) is 10.8 Å². The highest BCUT2D eigenvalue weighted by atomic mass is 32.2. The second kappa shape index (κ2) is 13.0. The summed E-state index contributed by atoms with van der Waals surface area (Å²) in [7, 11) is -3.92. The Morgan fingerprint density at radius 3 is 2.60 bits per heavy atom. The van der Waals surface area contributed by atoms with Gasteiger partial charge in [-0.1, -0.05) is 44.2 Å². The minimum Gasteiger partial charge on any atom is -0.475 e. The number of sulfonamides is 1. The van der Waals surface area contributed by atoms with Crippen LogP contribution in [0.1, 0.15) is 86.0 Å². The Balaban J connectivity index is 1.29. The van der Waals surface area contributed by atoms with Crippen molar-refractivity contribution in [1.29, 1.82) is 0 Å². The van der Waals surface area contributed by atoms with Gasteiger partial charge in [0, 0.05) is 30.2 Å². The number of benzene rings is 1. The summed E-state index contributed by atoms with van der Waals surface area (Å²) in [6.45, 7) is 9.85. The number of ether oxygens (including phenoxy) is 2. The molecule has 0 spiro atoms. The molecule has 2 aliphatic carbocycles. The van der Waals surface area contributed by atoms with Gasteiger partial charge in [-0.05, 0) is 82.6 Å². The van der Waals surface area contributed by atoms with Crippen LogP contribution in [0.4, 0.5) is 0 Å². The number of carbonyl (C=O) groups excluding carboxylic acids is 3. The van der Waals surface area contributed by atoms with Crippen molar-refractivity contribution in [2.24, 2.45) is 17.8 Å². The van der Waals surface area contributed by atoms with E-state index < -0.39 is 44.3 Å². The van der Waals surface area contributed by atoms with Crippen LogP contribution in [0, 0.1) is 17.8 Å². The Hall–Kier alpha value is -3.67. The molecule has 0 radical (unpaired) electrons. The first kappa shape index (κ1) is 34.2. The molecule has 3 heterocycles. The number of hydrogen-bond acceptors (Lipinski definition) is 8. The molecule has 6 rings (SSSR count). The summed E-state index contributed by atoms with van der Waals surface area (Å²) >= 11 is 0. The van der Waals surface area contributed by atoms with Crippen LogP contribution >= 0.6 is 0 Å². The number of aromatic nitrogens is 1. The molecule has 2 aromatic rings. The molecular weight excluding hydrogens is 632 g/mol. The number of pyridine rings is 1. The summed E-state index contributed by atoms with van der Waals surface area (Å²) < 4.78 is 39.8. The van der Waals surface area contributed by atoms with Crippen molar-refractivity contribution in [1.82, 2.24) is 19.9 Å². The van der Waals surface area contributed by atoms with Gasteiger partial charge in [0.2, 0.25) is 33.6 Å². The Morgan fingerprint density at radius 1 is 1.12 bits per heavy atom. The van der Waals surface area contributed by atoms with E-state index in [-0.39, 0.29) is 49.7 Å². The average Bonchev–Trinajstić information content (AvgIpc) is 3.88. The van der Waals surface area contributed by atoms with Crippen molar-refractivity contribution in [2.75, 3.05) is 6.54 Å². The van der Waals surface area contributed by atoms with E-state index in [2.05, 4.69) is 28.9 Å². The number of allylic oxidation sites excluding steroid dienone is 1. The zero-order valence-corrected chi connectivity index (χ0v) is 29.3. The van der Waals surface area contributed by atoms with Crippen LogP contribution in [-0.4, -0.2) is 71.1 Å². The van der Waals surface area contributed by atoms with Crippen molar-refractivity contribution in [2.45, 2.75) is 115 Å². The highest BCUT2D eigenvalue weighted by molar-refractivity contribution is 7.91. The zero-order valence-electron chi connectivity index (χ0n) is 28.5. The van der Waals surface area contributed by atoms with E-state index in [1.807, 2.05) is 56.3 Å². The maximum absolute atomic E-state index is 14.2. The van der Waals surface area contributed by atoms with Gasteiger partial charge >= 0.3 is 0 Å². The van der Waals surface area contributed by atoms with Crippen molar-refractivity contribution in [3.63, 3.8) is 0 Å². The molecule has 1 aromatic carbocycles. The number of nitrogens with one attached hydrogen (secondary N) is 2. The van der Waals surface area contributed by atoms with Gasteiger partial charge in [-0.25, -0.2) is 8.42 Å². The fourth-order valence-electron chi connectivity index (χ4n) is 7.11. The molecule has 4 aliphatic rings. The first-order valence-corrected chi connectivity index (χ1v) is 18.8. The van der Waals surface area contributed by atoms with Gasteiger partial charge in [0.05, 0.1) is 17.4 Å². The lowest BCUT2D eigenvalue weighted by Gasteiger charge is -2.28. The summed E-state index contributed by atoms with van der Waals surface area (Å²) in [4.78, 5) is 48.0. The Kier molecular flexibility index (Phi) is 9.25. The van der Waals surface area contributed by atoms with E-state index in [4.69, 9.17) is 9.47 Å². The normalized spacial score (nSPS) is 31.1. The largest absolute Gasteiger partial charge is 0.475 e. The van der Waals surface area contributed by atoms with Crippen LogP contribution in [0.2, 0.25) is 0 Å². The van der Waals surface area contributed by atoms with Crippen molar-refractivity contribution in [3.05, 3.63) is 42.5 Å². The van der Waals surface area contributed by atoms with Crippen LogP contribution in [0.15, 0.2) is 42.5 Å². The number of nitrogens with zero attached hydrogens (tertiary/aromatic N) is 2. The molecule has 0 bridgehead atoms. The lowest BCUT2D eigenvalue weighted by molar-refractivity contribution is -0.140. The van der Waals surface area contributed by atoms with Gasteiger partial charge in [0.1, 0.15) is 17.7 Å². The number of rotatable bonds is 7. The second-order valence-corrected chi connectivity index (χ2v) is 17.2. The van der Waals surface area contributed by atoms with Crippen molar-refractivity contribution in [3.8, 4) is 11.8 Å². The lowest BCUT2D eigenvalue weighted by atomic mass is 9.91. The number of fused-ring (bicyclic) bond motifs is 3. The SMILES string of the molecule is CC(C)Oc1cc2ccccc2c(O[C@@H]2C[C@H]3C(=O)N[C@]4(C(=O)NS(=O)(=O)C5(C)CC5)C[C@H]4/C=C\CC[C@H](C)C[C@@H](C)CC(=O)N3C2)n1. The summed E-state index contributed by atoms with van der Waals surface area (Å²) in [5.41, 5.74) is -1.42. The molecule has 12 heteroatoms. The summed E-state index contributed by atoms with van der Waals surface area (Å²) in [6.07, 6.45) is 7.57.